The van der Waals surface area contributed by atoms with E-state index in [0.29, 0.717) is 16.7 Å². The third-order valence-corrected chi connectivity index (χ3v) is 2.49. The van der Waals surface area contributed by atoms with Crippen LogP contribution < -0.4 is 0 Å². The lowest BCUT2D eigenvalue weighted by Gasteiger charge is -2.06. The van der Waals surface area contributed by atoms with Crippen molar-refractivity contribution in [2.45, 2.75) is 13.8 Å². The summed E-state index contributed by atoms with van der Waals surface area (Å²) in [6.07, 6.45) is 0. The third-order valence-electron chi connectivity index (χ3n) is 2.09. The van der Waals surface area contributed by atoms with Gasteiger partial charge in [0.25, 0.3) is 0 Å². The Labute approximate surface area is 101 Å². The first-order chi connectivity index (χ1) is 6.97. The highest BCUT2D eigenvalue weighted by Gasteiger charge is 2.15. The van der Waals surface area contributed by atoms with Crippen molar-refractivity contribution in [3.63, 3.8) is 0 Å². The maximum absolute atomic E-state index is 11.3. The Hall–Kier alpha value is -1.11. The number of carbonyl (C=O) groups is 2. The van der Waals surface area contributed by atoms with E-state index in [2.05, 4.69) is 3.07 Å². The van der Waals surface area contributed by atoms with Gasteiger partial charge in [-0.05, 0) is 37.1 Å². The molecule has 1 N–H and O–H groups in total. The summed E-state index contributed by atoms with van der Waals surface area (Å²) in [5, 5.41) is 8.86. The van der Waals surface area contributed by atoms with Crippen LogP contribution >= 0.6 is 23.0 Å². The monoisotopic (exact) mass is 320 g/mol. The van der Waals surface area contributed by atoms with Crippen molar-refractivity contribution in [3.8, 4) is 0 Å². The maximum atomic E-state index is 11.3. The molecule has 1 rings (SSSR count). The fraction of sp³-hybridized carbons (Fsp3) is 0.200. The van der Waals surface area contributed by atoms with Crippen molar-refractivity contribution in [1.29, 1.82) is 0 Å². The highest BCUT2D eigenvalue weighted by molar-refractivity contribution is 14.1. The van der Waals surface area contributed by atoms with Crippen LogP contribution in [0, 0.1) is 13.8 Å². The molecule has 0 heterocycles. The predicted octanol–water partition coefficient (Wildman–Crippen LogP) is 2.51. The Bertz CT molecular complexity index is 426. The topological polar surface area (TPSA) is 63.6 Å². The van der Waals surface area contributed by atoms with Gasteiger partial charge in [-0.15, -0.1) is 0 Å². The van der Waals surface area contributed by atoms with Gasteiger partial charge in [-0.1, -0.05) is 0 Å². The van der Waals surface area contributed by atoms with E-state index < -0.39 is 11.9 Å². The molecule has 15 heavy (non-hydrogen) atoms. The SMILES string of the molecule is Cc1cc(C(=O)OI)c(C)cc1C(=O)O. The molecule has 80 valence electrons. The van der Waals surface area contributed by atoms with Gasteiger partial charge in [-0.3, -0.25) is 0 Å². The zero-order valence-corrected chi connectivity index (χ0v) is 10.4. The zero-order chi connectivity index (χ0) is 11.6. The van der Waals surface area contributed by atoms with E-state index in [9.17, 15) is 9.59 Å². The van der Waals surface area contributed by atoms with Crippen molar-refractivity contribution >= 4 is 34.9 Å². The first-order valence-corrected chi connectivity index (χ1v) is 5.03. The molecule has 0 aromatic heterocycles. The Morgan fingerprint density at radius 2 is 1.67 bits per heavy atom. The van der Waals surface area contributed by atoms with Gasteiger partial charge in [0.15, 0.2) is 23.0 Å². The van der Waals surface area contributed by atoms with Crippen LogP contribution in [0.3, 0.4) is 0 Å². The molecular weight excluding hydrogens is 311 g/mol. The van der Waals surface area contributed by atoms with E-state index in [0.717, 1.165) is 0 Å². The van der Waals surface area contributed by atoms with Crippen molar-refractivity contribution in [2.24, 2.45) is 0 Å². The Morgan fingerprint density at radius 1 is 1.20 bits per heavy atom. The van der Waals surface area contributed by atoms with Crippen LogP contribution in [-0.4, -0.2) is 17.0 Å². The summed E-state index contributed by atoms with van der Waals surface area (Å²) in [6, 6.07) is 3.00. The van der Waals surface area contributed by atoms with Gasteiger partial charge in [0, 0.05) is 0 Å². The number of aryl methyl sites for hydroxylation is 2. The molecule has 0 amide bonds. The number of carbonyl (C=O) groups excluding carboxylic acids is 1. The van der Waals surface area contributed by atoms with Gasteiger partial charge in [-0.25, -0.2) is 9.59 Å². The molecule has 1 aromatic rings. The Kier molecular flexibility index (Phi) is 3.67. The molecule has 0 saturated heterocycles. The molecule has 0 bridgehead atoms. The molecular formula is C10H9IO4. The summed E-state index contributed by atoms with van der Waals surface area (Å²) in [6.45, 7) is 3.32. The van der Waals surface area contributed by atoms with E-state index in [4.69, 9.17) is 5.11 Å². The summed E-state index contributed by atoms with van der Waals surface area (Å²) in [5.74, 6) is -1.46. The number of rotatable bonds is 2. The first kappa shape index (κ1) is 12.0. The molecule has 0 aliphatic heterocycles. The molecule has 5 heteroatoms. The van der Waals surface area contributed by atoms with E-state index in [-0.39, 0.29) is 5.56 Å². The third kappa shape index (κ3) is 2.47. The maximum Gasteiger partial charge on any atom is 0.347 e. The van der Waals surface area contributed by atoms with Crippen LogP contribution in [0.1, 0.15) is 31.8 Å². The molecule has 0 spiro atoms. The number of benzene rings is 1. The number of aromatic carboxylic acids is 1. The molecule has 0 aliphatic rings. The second-order valence-electron chi connectivity index (χ2n) is 3.15. The molecule has 0 atom stereocenters. The fourth-order valence-electron chi connectivity index (χ4n) is 1.31. The molecule has 0 fully saturated rings. The lowest BCUT2D eigenvalue weighted by Crippen LogP contribution is -2.06. The minimum absolute atomic E-state index is 0.206. The summed E-state index contributed by atoms with van der Waals surface area (Å²) in [7, 11) is 0. The number of carboxylic acid groups (broad SMARTS) is 1. The van der Waals surface area contributed by atoms with Crippen molar-refractivity contribution in [3.05, 3.63) is 34.4 Å². The minimum Gasteiger partial charge on any atom is -0.478 e. The summed E-state index contributed by atoms with van der Waals surface area (Å²) in [4.78, 5) is 22.1. The van der Waals surface area contributed by atoms with Crippen LogP contribution in [0.25, 0.3) is 0 Å². The normalized spacial score (nSPS) is 9.80. The molecule has 0 unspecified atom stereocenters. The second-order valence-corrected chi connectivity index (χ2v) is 3.59. The van der Waals surface area contributed by atoms with Crippen molar-refractivity contribution in [1.82, 2.24) is 0 Å². The van der Waals surface area contributed by atoms with E-state index in [1.807, 2.05) is 0 Å². The van der Waals surface area contributed by atoms with Gasteiger partial charge < -0.3 is 8.17 Å². The lowest BCUT2D eigenvalue weighted by molar-refractivity contribution is 0.0693. The summed E-state index contributed by atoms with van der Waals surface area (Å²) < 4.78 is 4.56. The Balaban J connectivity index is 3.31. The van der Waals surface area contributed by atoms with Gasteiger partial charge in [0.2, 0.25) is 0 Å². The van der Waals surface area contributed by atoms with Crippen LogP contribution in [-0.2, 0) is 3.07 Å². The minimum atomic E-state index is -0.995. The molecule has 0 radical (unpaired) electrons. The summed E-state index contributed by atoms with van der Waals surface area (Å²) in [5.41, 5.74) is 1.74. The highest BCUT2D eigenvalue weighted by Crippen LogP contribution is 2.17. The van der Waals surface area contributed by atoms with Gasteiger partial charge in [-0.2, -0.15) is 0 Å². The zero-order valence-electron chi connectivity index (χ0n) is 8.20. The molecule has 1 aromatic carbocycles. The predicted molar refractivity (Wildman–Crippen MR) is 62.3 cm³/mol. The lowest BCUT2D eigenvalue weighted by atomic mass is 10.0. The molecule has 4 nitrogen and oxygen atoms in total. The fourth-order valence-corrected chi connectivity index (χ4v) is 1.55. The van der Waals surface area contributed by atoms with E-state index in [1.54, 1.807) is 13.8 Å². The first-order valence-electron chi connectivity index (χ1n) is 4.14. The number of carboxylic acids is 1. The highest BCUT2D eigenvalue weighted by atomic mass is 127. The van der Waals surface area contributed by atoms with E-state index >= 15 is 0 Å². The Morgan fingerprint density at radius 3 is 2.13 bits per heavy atom. The number of hydrogen-bond acceptors (Lipinski definition) is 3. The van der Waals surface area contributed by atoms with Crippen molar-refractivity contribution < 1.29 is 17.8 Å². The molecule has 0 saturated carbocycles. The van der Waals surface area contributed by atoms with Crippen LogP contribution in [0.4, 0.5) is 0 Å². The quantitative estimate of drug-likeness (QED) is 0.851. The average molecular weight is 320 g/mol. The van der Waals surface area contributed by atoms with Crippen LogP contribution in [0.5, 0.6) is 0 Å². The smallest absolute Gasteiger partial charge is 0.347 e. The molecule has 0 aliphatic carbocycles. The number of hydrogen-bond donors (Lipinski definition) is 1. The largest absolute Gasteiger partial charge is 0.478 e. The second kappa shape index (κ2) is 4.61. The van der Waals surface area contributed by atoms with Crippen LogP contribution in [0.2, 0.25) is 0 Å². The van der Waals surface area contributed by atoms with Gasteiger partial charge in [0.1, 0.15) is 0 Å². The number of halogens is 1. The van der Waals surface area contributed by atoms with Gasteiger partial charge >= 0.3 is 11.9 Å². The average Bonchev–Trinajstić information content (AvgIpc) is 2.19. The van der Waals surface area contributed by atoms with E-state index in [1.165, 1.54) is 35.1 Å². The van der Waals surface area contributed by atoms with Crippen LogP contribution in [0.15, 0.2) is 12.1 Å². The standard InChI is InChI=1S/C10H9IO4/c1-5-4-8(10(14)15-11)6(2)3-7(5)9(12)13/h3-4H,1-2H3,(H,12,13). The summed E-state index contributed by atoms with van der Waals surface area (Å²) >= 11 is 1.50. The van der Waals surface area contributed by atoms with Gasteiger partial charge in [0.05, 0.1) is 11.1 Å². The van der Waals surface area contributed by atoms with Crippen molar-refractivity contribution in [2.75, 3.05) is 0 Å².